The fourth-order valence-electron chi connectivity index (χ4n) is 6.88. The standard InChI is InChI=1S/C38H66O5Si2/c1-16-31-21-22-32-29(18-17-23-37(31,32)11)19-20-30-24-38(40-26-34(39)41-27(2)3,43-45(14,15)36(8,9)10)25-33(28(30)4)42-44(12,13)35(5,6)7/h19-21,27,32-33H,4,16-18,22-26H2,1-3,5-15H3/t32-,33?,37+,38-/m0/s1. The maximum Gasteiger partial charge on any atom is 0.332 e. The van der Waals surface area contributed by atoms with Gasteiger partial charge in [0.15, 0.2) is 22.4 Å². The van der Waals surface area contributed by atoms with Gasteiger partial charge in [0, 0.05) is 12.8 Å². The summed E-state index contributed by atoms with van der Waals surface area (Å²) < 4.78 is 26.5. The highest BCUT2D eigenvalue weighted by Gasteiger charge is 2.52. The van der Waals surface area contributed by atoms with Crippen molar-refractivity contribution in [3.63, 3.8) is 0 Å². The lowest BCUT2D eigenvalue weighted by atomic mass is 9.64. The van der Waals surface area contributed by atoms with Gasteiger partial charge in [0.25, 0.3) is 0 Å². The van der Waals surface area contributed by atoms with Gasteiger partial charge in [0.1, 0.15) is 6.61 Å². The summed E-state index contributed by atoms with van der Waals surface area (Å²) in [6, 6.07) is 0. The molecule has 4 atom stereocenters. The Morgan fingerprint density at radius 2 is 1.69 bits per heavy atom. The van der Waals surface area contributed by atoms with Crippen LogP contribution in [0.15, 0.2) is 47.1 Å². The van der Waals surface area contributed by atoms with Crippen molar-refractivity contribution in [2.24, 2.45) is 11.3 Å². The lowest BCUT2D eigenvalue weighted by Gasteiger charge is -2.51. The van der Waals surface area contributed by atoms with Crippen molar-refractivity contribution in [2.75, 3.05) is 6.61 Å². The molecular weight excluding hydrogens is 593 g/mol. The molecule has 2 fully saturated rings. The van der Waals surface area contributed by atoms with Crippen LogP contribution in [0.5, 0.6) is 0 Å². The summed E-state index contributed by atoms with van der Waals surface area (Å²) in [5.74, 6) is -0.836. The first-order valence-electron chi connectivity index (χ1n) is 17.5. The van der Waals surface area contributed by atoms with Crippen LogP contribution in [0, 0.1) is 11.3 Å². The van der Waals surface area contributed by atoms with Crippen LogP contribution < -0.4 is 0 Å². The van der Waals surface area contributed by atoms with E-state index in [0.717, 1.165) is 30.4 Å². The number of fused-ring (bicyclic) bond motifs is 1. The Hall–Kier alpha value is -1.26. The van der Waals surface area contributed by atoms with Crippen molar-refractivity contribution in [2.45, 2.75) is 168 Å². The molecule has 0 amide bonds. The molecule has 1 unspecified atom stereocenters. The number of carbonyl (C=O) groups is 1. The predicted octanol–water partition coefficient (Wildman–Crippen LogP) is 10.8. The average molecular weight is 659 g/mol. The van der Waals surface area contributed by atoms with E-state index in [4.69, 9.17) is 18.3 Å². The molecule has 0 spiro atoms. The van der Waals surface area contributed by atoms with Gasteiger partial charge in [-0.2, -0.15) is 0 Å². The quantitative estimate of drug-likeness (QED) is 0.101. The second kappa shape index (κ2) is 13.7. The maximum absolute atomic E-state index is 12.8. The Balaban J connectivity index is 2.10. The van der Waals surface area contributed by atoms with Crippen molar-refractivity contribution in [3.05, 3.63) is 47.1 Å². The summed E-state index contributed by atoms with van der Waals surface area (Å²) in [5.41, 5.74) is 5.54. The summed E-state index contributed by atoms with van der Waals surface area (Å²) in [5, 5.41) is -0.0165. The second-order valence-corrected chi connectivity index (χ2v) is 26.9. The van der Waals surface area contributed by atoms with E-state index in [0.29, 0.717) is 18.8 Å². The molecule has 0 N–H and O–H groups in total. The monoisotopic (exact) mass is 658 g/mol. The van der Waals surface area contributed by atoms with Crippen LogP contribution in [-0.2, 0) is 23.1 Å². The van der Waals surface area contributed by atoms with Gasteiger partial charge in [-0.05, 0) is 105 Å². The normalized spacial score (nSPS) is 30.2. The third-order valence-electron chi connectivity index (χ3n) is 11.7. The predicted molar refractivity (Wildman–Crippen MR) is 193 cm³/mol. The van der Waals surface area contributed by atoms with E-state index in [2.05, 4.69) is 106 Å². The number of carbonyl (C=O) groups excluding carboxylic acids is 1. The van der Waals surface area contributed by atoms with E-state index >= 15 is 0 Å². The third kappa shape index (κ3) is 8.62. The summed E-state index contributed by atoms with van der Waals surface area (Å²) in [7, 11) is -4.52. The Bertz CT molecular complexity index is 1200. The van der Waals surface area contributed by atoms with Gasteiger partial charge in [-0.3, -0.25) is 0 Å². The largest absolute Gasteiger partial charge is 0.461 e. The highest BCUT2D eigenvalue weighted by atomic mass is 28.4. The molecule has 7 heteroatoms. The van der Waals surface area contributed by atoms with Crippen molar-refractivity contribution < 1.29 is 23.1 Å². The average Bonchev–Trinajstić information content (AvgIpc) is 3.23. The van der Waals surface area contributed by atoms with Crippen LogP contribution in [0.1, 0.15) is 114 Å². The van der Waals surface area contributed by atoms with E-state index in [-0.39, 0.29) is 40.3 Å². The first-order valence-corrected chi connectivity index (χ1v) is 23.3. The molecule has 0 saturated heterocycles. The zero-order chi connectivity index (χ0) is 34.2. The van der Waals surface area contributed by atoms with Crippen molar-refractivity contribution in [3.8, 4) is 0 Å². The highest BCUT2D eigenvalue weighted by Crippen LogP contribution is 2.56. The minimum Gasteiger partial charge on any atom is -0.461 e. The molecule has 0 radical (unpaired) electrons. The molecule has 0 aromatic carbocycles. The maximum atomic E-state index is 12.8. The van der Waals surface area contributed by atoms with Gasteiger partial charge in [0.05, 0.1) is 12.2 Å². The van der Waals surface area contributed by atoms with Crippen LogP contribution in [0.4, 0.5) is 0 Å². The van der Waals surface area contributed by atoms with Crippen LogP contribution in [-0.4, -0.2) is 47.2 Å². The number of hydrogen-bond acceptors (Lipinski definition) is 5. The van der Waals surface area contributed by atoms with Crippen molar-refractivity contribution >= 4 is 22.6 Å². The van der Waals surface area contributed by atoms with E-state index < -0.39 is 22.4 Å². The summed E-state index contributed by atoms with van der Waals surface area (Å²) in [6.07, 6.45) is 13.6. The molecule has 3 rings (SSSR count). The minimum atomic E-state index is -2.34. The van der Waals surface area contributed by atoms with Gasteiger partial charge in [-0.1, -0.05) is 91.3 Å². The number of rotatable bonds is 10. The van der Waals surface area contributed by atoms with Crippen LogP contribution in [0.25, 0.3) is 0 Å². The lowest BCUT2D eigenvalue weighted by Crippen LogP contribution is -2.56. The Morgan fingerprint density at radius 3 is 2.24 bits per heavy atom. The zero-order valence-corrected chi connectivity index (χ0v) is 33.4. The molecule has 256 valence electrons. The van der Waals surface area contributed by atoms with E-state index in [1.54, 1.807) is 5.57 Å². The number of ether oxygens (including phenoxy) is 2. The Labute approximate surface area is 278 Å². The zero-order valence-electron chi connectivity index (χ0n) is 31.4. The Kier molecular flexibility index (Phi) is 11.6. The molecule has 0 aromatic rings. The molecule has 2 saturated carbocycles. The molecular formula is C38H66O5Si2. The molecule has 0 bridgehead atoms. The van der Waals surface area contributed by atoms with Crippen LogP contribution in [0.2, 0.25) is 36.3 Å². The first-order chi connectivity index (χ1) is 20.5. The van der Waals surface area contributed by atoms with Gasteiger partial charge < -0.3 is 18.3 Å². The first kappa shape index (κ1) is 38.2. The molecule has 3 aliphatic carbocycles. The van der Waals surface area contributed by atoms with Gasteiger partial charge >= 0.3 is 5.97 Å². The van der Waals surface area contributed by atoms with Gasteiger partial charge in [-0.25, -0.2) is 4.79 Å². The fourth-order valence-corrected chi connectivity index (χ4v) is 9.63. The van der Waals surface area contributed by atoms with Gasteiger partial charge in [0.2, 0.25) is 0 Å². The number of esters is 1. The molecule has 0 heterocycles. The lowest BCUT2D eigenvalue weighted by molar-refractivity contribution is -0.216. The van der Waals surface area contributed by atoms with E-state index in [1.165, 1.54) is 18.4 Å². The van der Waals surface area contributed by atoms with Gasteiger partial charge in [-0.15, -0.1) is 0 Å². The summed E-state index contributed by atoms with van der Waals surface area (Å²) in [4.78, 5) is 12.8. The fraction of sp³-hybridized carbons (Fsp3) is 0.763. The topological polar surface area (TPSA) is 54.0 Å². The van der Waals surface area contributed by atoms with Crippen LogP contribution in [0.3, 0.4) is 0 Å². The molecule has 0 aromatic heterocycles. The highest BCUT2D eigenvalue weighted by molar-refractivity contribution is 6.74. The van der Waals surface area contributed by atoms with E-state index in [1.807, 2.05) is 13.8 Å². The third-order valence-corrected chi connectivity index (χ3v) is 20.6. The van der Waals surface area contributed by atoms with E-state index in [9.17, 15) is 4.79 Å². The van der Waals surface area contributed by atoms with Crippen molar-refractivity contribution in [1.82, 2.24) is 0 Å². The van der Waals surface area contributed by atoms with Crippen LogP contribution >= 0.6 is 0 Å². The SMILES string of the molecule is C=C1C(=CC=C2CCC[C@]3(C)C(CC)=CC[C@@H]23)C[C@](OCC(=O)OC(C)C)(O[Si](C)(C)C(C)(C)C)CC1O[Si](C)(C)C(C)(C)C. The summed E-state index contributed by atoms with van der Waals surface area (Å²) in [6.45, 7) is 35.6. The minimum absolute atomic E-state index is 0.0282. The Morgan fingerprint density at radius 1 is 1.07 bits per heavy atom. The smallest absolute Gasteiger partial charge is 0.332 e. The molecule has 3 aliphatic rings. The molecule has 5 nitrogen and oxygen atoms in total. The second-order valence-electron chi connectivity index (χ2n) is 17.4. The summed E-state index contributed by atoms with van der Waals surface area (Å²) >= 11 is 0. The number of allylic oxidation sites excluding steroid dienone is 5. The van der Waals surface area contributed by atoms with Crippen molar-refractivity contribution in [1.29, 1.82) is 0 Å². The molecule has 45 heavy (non-hydrogen) atoms. The molecule has 0 aliphatic heterocycles. The number of hydrogen-bond donors (Lipinski definition) is 0.